The second-order valence-corrected chi connectivity index (χ2v) is 8.09. The van der Waals surface area contributed by atoms with Gasteiger partial charge in [0.1, 0.15) is 0 Å². The fraction of sp³-hybridized carbons (Fsp3) is 0.778. The van der Waals surface area contributed by atoms with Gasteiger partial charge in [-0.1, -0.05) is 13.5 Å². The molecule has 3 unspecified atom stereocenters. The zero-order chi connectivity index (χ0) is 17.8. The van der Waals surface area contributed by atoms with Gasteiger partial charge in [0.05, 0.1) is 17.4 Å². The summed E-state index contributed by atoms with van der Waals surface area (Å²) in [5, 5.41) is 21.1. The van der Waals surface area contributed by atoms with Crippen LogP contribution in [-0.2, 0) is 19.1 Å². The summed E-state index contributed by atoms with van der Waals surface area (Å²) in [4.78, 5) is 24.5. The highest BCUT2D eigenvalue weighted by atomic mass is 16.8. The number of hydrogen-bond donors (Lipinski definition) is 2. The number of aliphatic hydroxyl groups is 2. The van der Waals surface area contributed by atoms with E-state index in [1.165, 1.54) is 6.92 Å². The quantitative estimate of drug-likeness (QED) is 0.453. The molecule has 134 valence electrons. The molecule has 2 N–H and O–H groups in total. The molecule has 0 amide bonds. The Hall–Kier alpha value is -1.40. The van der Waals surface area contributed by atoms with E-state index in [1.807, 2.05) is 0 Å². The molecule has 0 aliphatic heterocycles. The minimum absolute atomic E-state index is 0.0784. The van der Waals surface area contributed by atoms with Crippen LogP contribution in [0.15, 0.2) is 12.2 Å². The molecule has 4 aliphatic rings. The molecule has 4 rings (SSSR count). The number of esters is 2. The van der Waals surface area contributed by atoms with Crippen molar-refractivity contribution in [1.82, 2.24) is 0 Å². The van der Waals surface area contributed by atoms with Crippen molar-refractivity contribution in [3.8, 4) is 0 Å². The number of carbonyl (C=O) groups excluding carboxylic acids is 2. The first-order valence-electron chi connectivity index (χ1n) is 8.66. The SMILES string of the molecule is C=C(C)C(=O)OC(O)(CC)OC(=O)C12CC3CC(CC(O)(C3)C1)C2. The molecule has 6 heteroatoms. The van der Waals surface area contributed by atoms with Crippen LogP contribution in [0.5, 0.6) is 0 Å². The maximum atomic E-state index is 12.9. The van der Waals surface area contributed by atoms with E-state index in [0.717, 1.165) is 19.3 Å². The van der Waals surface area contributed by atoms with Crippen LogP contribution in [0, 0.1) is 17.3 Å². The van der Waals surface area contributed by atoms with E-state index in [4.69, 9.17) is 9.47 Å². The monoisotopic (exact) mass is 338 g/mol. The van der Waals surface area contributed by atoms with Crippen molar-refractivity contribution in [3.63, 3.8) is 0 Å². The molecule has 4 bridgehead atoms. The zero-order valence-corrected chi connectivity index (χ0v) is 14.3. The van der Waals surface area contributed by atoms with Crippen molar-refractivity contribution in [3.05, 3.63) is 12.2 Å². The molecule has 0 aromatic carbocycles. The highest BCUT2D eigenvalue weighted by Gasteiger charge is 2.61. The number of hydrogen-bond acceptors (Lipinski definition) is 6. The maximum absolute atomic E-state index is 12.9. The lowest BCUT2D eigenvalue weighted by molar-refractivity contribution is -0.332. The summed E-state index contributed by atoms with van der Waals surface area (Å²) in [7, 11) is 0. The van der Waals surface area contributed by atoms with Gasteiger partial charge in [0.15, 0.2) is 0 Å². The lowest BCUT2D eigenvalue weighted by Gasteiger charge is -2.58. The average Bonchev–Trinajstić information content (AvgIpc) is 2.44. The van der Waals surface area contributed by atoms with E-state index in [2.05, 4.69) is 6.58 Å². The molecule has 0 aromatic rings. The van der Waals surface area contributed by atoms with Gasteiger partial charge in [0.25, 0.3) is 0 Å². The van der Waals surface area contributed by atoms with Crippen LogP contribution in [0.2, 0.25) is 0 Å². The molecule has 4 fully saturated rings. The third kappa shape index (κ3) is 2.97. The molecule has 0 radical (unpaired) electrons. The van der Waals surface area contributed by atoms with E-state index in [9.17, 15) is 19.8 Å². The summed E-state index contributed by atoms with van der Waals surface area (Å²) in [6, 6.07) is 0. The molecule has 4 saturated carbocycles. The van der Waals surface area contributed by atoms with Gasteiger partial charge in [0.2, 0.25) is 0 Å². The minimum atomic E-state index is -2.29. The Morgan fingerprint density at radius 3 is 2.25 bits per heavy atom. The second kappa shape index (κ2) is 5.56. The summed E-state index contributed by atoms with van der Waals surface area (Å²) in [6.45, 7) is 6.47. The van der Waals surface area contributed by atoms with E-state index in [0.29, 0.717) is 31.1 Å². The Bertz CT molecular complexity index is 568. The van der Waals surface area contributed by atoms with E-state index in [-0.39, 0.29) is 12.0 Å². The number of rotatable bonds is 5. The van der Waals surface area contributed by atoms with Crippen LogP contribution in [0.3, 0.4) is 0 Å². The first kappa shape index (κ1) is 17.4. The number of carbonyl (C=O) groups is 2. The summed E-state index contributed by atoms with van der Waals surface area (Å²) in [5.41, 5.74) is -1.47. The molecular weight excluding hydrogens is 312 g/mol. The highest BCUT2D eigenvalue weighted by Crippen LogP contribution is 2.62. The predicted octanol–water partition coefficient (Wildman–Crippen LogP) is 2.04. The molecule has 0 aromatic heterocycles. The number of ether oxygens (including phenoxy) is 2. The van der Waals surface area contributed by atoms with E-state index in [1.54, 1.807) is 6.92 Å². The Morgan fingerprint density at radius 1 is 1.21 bits per heavy atom. The molecule has 24 heavy (non-hydrogen) atoms. The minimum Gasteiger partial charge on any atom is -0.398 e. The van der Waals surface area contributed by atoms with E-state index >= 15 is 0 Å². The van der Waals surface area contributed by atoms with Gasteiger partial charge >= 0.3 is 17.9 Å². The smallest absolute Gasteiger partial charge is 0.373 e. The normalized spacial score (nSPS) is 39.2. The lowest BCUT2D eigenvalue weighted by Crippen LogP contribution is -2.59. The van der Waals surface area contributed by atoms with Crippen LogP contribution in [0.4, 0.5) is 0 Å². The highest BCUT2D eigenvalue weighted by molar-refractivity contribution is 5.87. The Labute approximate surface area is 141 Å². The third-order valence-corrected chi connectivity index (χ3v) is 5.76. The maximum Gasteiger partial charge on any atom is 0.373 e. The van der Waals surface area contributed by atoms with Crippen LogP contribution in [0.25, 0.3) is 0 Å². The first-order chi connectivity index (χ1) is 11.1. The Kier molecular flexibility index (Phi) is 4.04. The summed E-state index contributed by atoms with van der Waals surface area (Å²) >= 11 is 0. The fourth-order valence-electron chi connectivity index (χ4n) is 5.10. The van der Waals surface area contributed by atoms with Crippen molar-refractivity contribution in [2.45, 2.75) is 70.4 Å². The Morgan fingerprint density at radius 2 is 1.79 bits per heavy atom. The molecule has 0 heterocycles. The van der Waals surface area contributed by atoms with E-state index < -0.39 is 28.9 Å². The van der Waals surface area contributed by atoms with Crippen LogP contribution >= 0.6 is 0 Å². The van der Waals surface area contributed by atoms with Crippen molar-refractivity contribution in [1.29, 1.82) is 0 Å². The van der Waals surface area contributed by atoms with Gasteiger partial charge in [-0.2, -0.15) is 0 Å². The van der Waals surface area contributed by atoms with Crippen molar-refractivity contribution in [2.24, 2.45) is 17.3 Å². The van der Waals surface area contributed by atoms with Gasteiger partial charge < -0.3 is 19.7 Å². The molecule has 3 atom stereocenters. The van der Waals surface area contributed by atoms with Gasteiger partial charge in [-0.25, -0.2) is 4.79 Å². The average molecular weight is 338 g/mol. The third-order valence-electron chi connectivity index (χ3n) is 5.76. The zero-order valence-electron chi connectivity index (χ0n) is 14.3. The van der Waals surface area contributed by atoms with Crippen LogP contribution in [0.1, 0.15) is 58.8 Å². The topological polar surface area (TPSA) is 93.1 Å². The van der Waals surface area contributed by atoms with Crippen LogP contribution in [-0.4, -0.2) is 33.7 Å². The first-order valence-corrected chi connectivity index (χ1v) is 8.66. The molecular formula is C18H26O6. The Balaban J connectivity index is 1.76. The summed E-state index contributed by atoms with van der Waals surface area (Å²) < 4.78 is 10.2. The molecule has 0 saturated heterocycles. The van der Waals surface area contributed by atoms with Crippen LogP contribution < -0.4 is 0 Å². The standard InChI is InChI=1S/C18H26O6/c1-4-18(22,23-14(19)11(2)3)24-15(20)16-6-12-5-13(7-16)9-17(21,8-12)10-16/h12-13,21-22H,2,4-10H2,1,3H3. The molecule has 4 aliphatic carbocycles. The summed E-state index contributed by atoms with van der Waals surface area (Å²) in [6.07, 6.45) is 4.13. The van der Waals surface area contributed by atoms with Gasteiger partial charge in [-0.15, -0.1) is 0 Å². The molecule has 0 spiro atoms. The van der Waals surface area contributed by atoms with Crippen molar-refractivity contribution in [2.75, 3.05) is 0 Å². The van der Waals surface area contributed by atoms with Crippen molar-refractivity contribution < 1.29 is 29.3 Å². The van der Waals surface area contributed by atoms with Crippen molar-refractivity contribution >= 4 is 11.9 Å². The van der Waals surface area contributed by atoms with Gasteiger partial charge in [-0.05, 0) is 57.3 Å². The largest absolute Gasteiger partial charge is 0.398 e. The molecule has 6 nitrogen and oxygen atoms in total. The van der Waals surface area contributed by atoms with Gasteiger partial charge in [-0.3, -0.25) is 4.79 Å². The summed E-state index contributed by atoms with van der Waals surface area (Å²) in [5.74, 6) is -3.04. The lowest BCUT2D eigenvalue weighted by atomic mass is 9.48. The second-order valence-electron chi connectivity index (χ2n) is 8.09. The predicted molar refractivity (Wildman–Crippen MR) is 84.3 cm³/mol. The fourth-order valence-corrected chi connectivity index (χ4v) is 5.10. The van der Waals surface area contributed by atoms with Gasteiger partial charge in [0, 0.05) is 5.57 Å².